The Bertz CT molecular complexity index is 890. The maximum Gasteiger partial charge on any atom is 0.242 e. The van der Waals surface area contributed by atoms with Crippen LogP contribution in [0.15, 0.2) is 46.7 Å². The second-order valence-corrected chi connectivity index (χ2v) is 15.9. The zero-order chi connectivity index (χ0) is 24.3. The molecule has 0 saturated heterocycles. The Labute approximate surface area is 197 Å². The van der Waals surface area contributed by atoms with Crippen LogP contribution in [0.2, 0.25) is 19.6 Å². The smallest absolute Gasteiger partial charge is 0.242 e. The number of hydrogen-bond acceptors (Lipinski definition) is 3. The fourth-order valence-corrected chi connectivity index (χ4v) is 4.34. The molecule has 0 bridgehead atoms. The highest BCUT2D eigenvalue weighted by molar-refractivity contribution is 6.70. The first-order chi connectivity index (χ1) is 14.7. The third-order valence-corrected chi connectivity index (χ3v) is 6.15. The largest absolute Gasteiger partial charge is 0.544 e. The molecule has 0 amide bonds. The quantitative estimate of drug-likeness (QED) is 0.239. The van der Waals surface area contributed by atoms with Crippen molar-refractivity contribution in [1.82, 2.24) is 5.01 Å². The summed E-state index contributed by atoms with van der Waals surface area (Å²) in [4.78, 5) is 0. The van der Waals surface area contributed by atoms with Crippen LogP contribution in [0.5, 0.6) is 5.75 Å². The number of benzene rings is 2. The summed E-state index contributed by atoms with van der Waals surface area (Å²) < 4.78 is 6.71. The van der Waals surface area contributed by atoms with Crippen molar-refractivity contribution in [3.63, 3.8) is 0 Å². The molecule has 0 aliphatic carbocycles. The second kappa shape index (κ2) is 9.78. The lowest BCUT2D eigenvalue weighted by Crippen LogP contribution is -2.32. The molecule has 32 heavy (non-hydrogen) atoms. The van der Waals surface area contributed by atoms with Crippen LogP contribution in [0.4, 0.5) is 5.69 Å². The van der Waals surface area contributed by atoms with Crippen molar-refractivity contribution in [2.24, 2.45) is 10.3 Å². The lowest BCUT2D eigenvalue weighted by molar-refractivity contribution is 0.301. The summed E-state index contributed by atoms with van der Waals surface area (Å²) in [7, 11) is -1.77. The van der Waals surface area contributed by atoms with Gasteiger partial charge in [-0.2, -0.15) is 0 Å². The molecule has 2 rings (SSSR count). The van der Waals surface area contributed by atoms with Gasteiger partial charge in [-0.05, 0) is 90.8 Å². The van der Waals surface area contributed by atoms with Crippen LogP contribution in [0.25, 0.3) is 11.1 Å². The van der Waals surface area contributed by atoms with Gasteiger partial charge in [0.05, 0.1) is 5.69 Å². The fourth-order valence-electron chi connectivity index (χ4n) is 3.51. The van der Waals surface area contributed by atoms with Crippen molar-refractivity contribution in [2.45, 2.75) is 85.9 Å². The summed E-state index contributed by atoms with van der Waals surface area (Å²) in [5.74, 6) is 1.08. The molecule has 176 valence electrons. The molecule has 0 atom stereocenters. The van der Waals surface area contributed by atoms with Crippen LogP contribution in [0.3, 0.4) is 0 Å². The first-order valence-corrected chi connectivity index (χ1v) is 15.2. The van der Waals surface area contributed by atoms with Gasteiger partial charge in [-0.15, -0.1) is 5.11 Å². The molecule has 4 nitrogen and oxygen atoms in total. The Hall–Kier alpha value is -2.14. The van der Waals surface area contributed by atoms with E-state index in [9.17, 15) is 0 Å². The molecule has 0 aliphatic heterocycles. The van der Waals surface area contributed by atoms with Gasteiger partial charge in [0.1, 0.15) is 5.75 Å². The molecular formula is C27H43N3OSi. The minimum absolute atomic E-state index is 0.0249. The predicted octanol–water partition coefficient (Wildman–Crippen LogP) is 8.50. The molecule has 0 spiro atoms. The molecule has 5 heteroatoms. The van der Waals surface area contributed by atoms with Gasteiger partial charge in [-0.3, -0.25) is 5.01 Å². The highest BCUT2D eigenvalue weighted by Crippen LogP contribution is 2.43. The average Bonchev–Trinajstić information content (AvgIpc) is 2.66. The molecule has 0 saturated carbocycles. The fraction of sp³-hybridized carbons (Fsp3) is 0.556. The molecule has 0 N–H and O–H groups in total. The lowest BCUT2D eigenvalue weighted by atomic mass is 9.78. The summed E-state index contributed by atoms with van der Waals surface area (Å²) >= 11 is 0. The van der Waals surface area contributed by atoms with E-state index in [2.05, 4.69) is 110 Å². The monoisotopic (exact) mass is 453 g/mol. The van der Waals surface area contributed by atoms with Crippen LogP contribution in [-0.4, -0.2) is 26.4 Å². The summed E-state index contributed by atoms with van der Waals surface area (Å²) in [6.07, 6.45) is 0. The van der Waals surface area contributed by atoms with E-state index in [0.717, 1.165) is 24.5 Å². The molecule has 0 heterocycles. The Morgan fingerprint density at radius 3 is 1.62 bits per heavy atom. The van der Waals surface area contributed by atoms with Gasteiger partial charge in [0.15, 0.2) is 0 Å². The molecule has 0 radical (unpaired) electrons. The molecule has 0 unspecified atom stereocenters. The van der Waals surface area contributed by atoms with Gasteiger partial charge in [0.25, 0.3) is 0 Å². The number of rotatable bonds is 7. The van der Waals surface area contributed by atoms with Crippen molar-refractivity contribution in [3.05, 3.63) is 47.5 Å². The summed E-state index contributed by atoms with van der Waals surface area (Å²) in [5.41, 5.74) is 5.76. The van der Waals surface area contributed by atoms with E-state index in [1.165, 1.54) is 22.3 Å². The van der Waals surface area contributed by atoms with Gasteiger partial charge in [-0.25, -0.2) is 0 Å². The van der Waals surface area contributed by atoms with E-state index >= 15 is 0 Å². The molecule has 0 fully saturated rings. The third-order valence-electron chi connectivity index (χ3n) is 5.33. The maximum absolute atomic E-state index is 6.71. The minimum atomic E-state index is -1.77. The number of nitrogens with zero attached hydrogens (tertiary/aromatic N) is 3. The molecule has 2 aromatic carbocycles. The van der Waals surface area contributed by atoms with Crippen LogP contribution in [-0.2, 0) is 10.8 Å². The van der Waals surface area contributed by atoms with Crippen molar-refractivity contribution in [1.29, 1.82) is 0 Å². The third kappa shape index (κ3) is 6.93. The molecule has 0 aliphatic rings. The Morgan fingerprint density at radius 2 is 1.25 bits per heavy atom. The topological polar surface area (TPSA) is 37.2 Å². The summed E-state index contributed by atoms with van der Waals surface area (Å²) in [6, 6.07) is 13.0. The van der Waals surface area contributed by atoms with Crippen molar-refractivity contribution in [3.8, 4) is 16.9 Å². The maximum atomic E-state index is 6.71. The Kier molecular flexibility index (Phi) is 7.98. The van der Waals surface area contributed by atoms with E-state index in [1.54, 1.807) is 0 Å². The normalized spacial score (nSPS) is 13.0. The van der Waals surface area contributed by atoms with Crippen LogP contribution < -0.4 is 4.43 Å². The first kappa shape index (κ1) is 26.1. The molecule has 0 aromatic heterocycles. The van der Waals surface area contributed by atoms with Crippen molar-refractivity contribution in [2.75, 3.05) is 13.1 Å². The summed E-state index contributed by atoms with van der Waals surface area (Å²) in [6.45, 7) is 26.3. The zero-order valence-corrected chi connectivity index (χ0v) is 23.1. The van der Waals surface area contributed by atoms with Crippen LogP contribution in [0.1, 0.15) is 66.5 Å². The average molecular weight is 454 g/mol. The summed E-state index contributed by atoms with van der Waals surface area (Å²) in [5, 5.41) is 10.6. The van der Waals surface area contributed by atoms with Crippen LogP contribution >= 0.6 is 0 Å². The van der Waals surface area contributed by atoms with E-state index in [0.29, 0.717) is 0 Å². The molecular weight excluding hydrogens is 410 g/mol. The molecule has 2 aromatic rings. The highest BCUT2D eigenvalue weighted by Gasteiger charge is 2.30. The van der Waals surface area contributed by atoms with E-state index < -0.39 is 8.32 Å². The SMILES string of the molecule is CCN(CC)N=Nc1ccc(-c2cc(C(C)(C)C)c(O[Si](C)(C)C)c(C(C)(C)C)c2)cc1. The Morgan fingerprint density at radius 1 is 0.781 bits per heavy atom. The van der Waals surface area contributed by atoms with E-state index in [-0.39, 0.29) is 10.8 Å². The van der Waals surface area contributed by atoms with Crippen molar-refractivity contribution < 1.29 is 4.43 Å². The standard InChI is InChI=1S/C27H43N3OSi/c1-12-30(13-2)29-28-22-16-14-20(15-17-22)21-18-23(26(3,4)5)25(31-32(9,10)11)24(19-21)27(6,7)8/h14-19H,12-13H2,1-11H3. The van der Waals surface area contributed by atoms with E-state index in [1.807, 2.05) is 17.1 Å². The first-order valence-electron chi connectivity index (χ1n) is 11.8. The van der Waals surface area contributed by atoms with Gasteiger partial charge >= 0.3 is 0 Å². The van der Waals surface area contributed by atoms with Gasteiger partial charge in [0, 0.05) is 13.1 Å². The van der Waals surface area contributed by atoms with Gasteiger partial charge in [0.2, 0.25) is 8.32 Å². The zero-order valence-electron chi connectivity index (χ0n) is 22.1. The van der Waals surface area contributed by atoms with Crippen LogP contribution in [0, 0.1) is 0 Å². The highest BCUT2D eigenvalue weighted by atomic mass is 28.4. The second-order valence-electron chi connectivity index (χ2n) is 11.5. The predicted molar refractivity (Wildman–Crippen MR) is 141 cm³/mol. The Balaban J connectivity index is 2.60. The minimum Gasteiger partial charge on any atom is -0.544 e. The van der Waals surface area contributed by atoms with Gasteiger partial charge < -0.3 is 4.43 Å². The lowest BCUT2D eigenvalue weighted by Gasteiger charge is -2.34. The van der Waals surface area contributed by atoms with Gasteiger partial charge in [-0.1, -0.05) is 58.9 Å². The number of hydrogen-bond donors (Lipinski definition) is 0. The van der Waals surface area contributed by atoms with Crippen molar-refractivity contribution >= 4 is 14.0 Å². The van der Waals surface area contributed by atoms with E-state index in [4.69, 9.17) is 4.43 Å².